The largest absolute Gasteiger partial charge is 0.493 e. The van der Waals surface area contributed by atoms with E-state index in [4.69, 9.17) is 9.47 Å². The van der Waals surface area contributed by atoms with Crippen LogP contribution < -0.4 is 14.5 Å². The molecule has 4 nitrogen and oxygen atoms in total. The van der Waals surface area contributed by atoms with Crippen molar-refractivity contribution < 1.29 is 9.47 Å². The summed E-state index contributed by atoms with van der Waals surface area (Å²) in [6.45, 7) is 0.950. The van der Waals surface area contributed by atoms with E-state index in [1.165, 1.54) is 0 Å². The highest BCUT2D eigenvalue weighted by atomic mass is 16.5. The third-order valence-corrected chi connectivity index (χ3v) is 2.59. The quantitative estimate of drug-likeness (QED) is 0.783. The molecule has 1 aromatic rings. The molecule has 0 fully saturated rings. The van der Waals surface area contributed by atoms with Crippen LogP contribution in [0.1, 0.15) is 12.8 Å². The van der Waals surface area contributed by atoms with Gasteiger partial charge in [0.1, 0.15) is 0 Å². The molecule has 86 valence electrons. The van der Waals surface area contributed by atoms with Crippen molar-refractivity contribution in [3.8, 4) is 11.5 Å². The van der Waals surface area contributed by atoms with Crippen LogP contribution in [0.2, 0.25) is 0 Å². The molecule has 1 aliphatic heterocycles. The second kappa shape index (κ2) is 4.88. The van der Waals surface area contributed by atoms with Crippen LogP contribution in [0.3, 0.4) is 0 Å². The highest BCUT2D eigenvalue weighted by molar-refractivity contribution is 5.63. The van der Waals surface area contributed by atoms with Crippen molar-refractivity contribution >= 4 is 11.9 Å². The Morgan fingerprint density at radius 3 is 2.62 bits per heavy atom. The lowest BCUT2D eigenvalue weighted by atomic mass is 10.2. The zero-order valence-electron chi connectivity index (χ0n) is 9.64. The van der Waals surface area contributed by atoms with E-state index < -0.39 is 0 Å². The SMILES string of the molecule is COc1ccc(N2CCCC=N2)cc1OC. The van der Waals surface area contributed by atoms with Gasteiger partial charge in [0.15, 0.2) is 11.5 Å². The average Bonchev–Trinajstić information content (AvgIpc) is 2.39. The third kappa shape index (κ3) is 2.10. The summed E-state index contributed by atoms with van der Waals surface area (Å²) in [4.78, 5) is 0. The number of anilines is 1. The minimum absolute atomic E-state index is 0.737. The molecular formula is C12H16N2O2. The summed E-state index contributed by atoms with van der Waals surface area (Å²) < 4.78 is 10.5. The Balaban J connectivity index is 2.28. The highest BCUT2D eigenvalue weighted by Crippen LogP contribution is 2.32. The van der Waals surface area contributed by atoms with Crippen molar-refractivity contribution in [1.29, 1.82) is 0 Å². The summed E-state index contributed by atoms with van der Waals surface area (Å²) in [7, 11) is 3.28. The van der Waals surface area contributed by atoms with Crippen molar-refractivity contribution in [2.75, 3.05) is 25.8 Å². The molecule has 0 aliphatic carbocycles. The smallest absolute Gasteiger partial charge is 0.162 e. The van der Waals surface area contributed by atoms with Gasteiger partial charge in [-0.05, 0) is 25.0 Å². The molecule has 0 aromatic heterocycles. The molecule has 0 N–H and O–H groups in total. The van der Waals surface area contributed by atoms with Gasteiger partial charge in [-0.25, -0.2) is 0 Å². The van der Waals surface area contributed by atoms with Crippen molar-refractivity contribution in [2.24, 2.45) is 5.10 Å². The standard InChI is InChI=1S/C12H16N2O2/c1-15-11-6-5-10(9-12(11)16-2)14-8-4-3-7-13-14/h5-7,9H,3-4,8H2,1-2H3. The lowest BCUT2D eigenvalue weighted by Crippen LogP contribution is -2.21. The van der Waals surface area contributed by atoms with Gasteiger partial charge in [-0.3, -0.25) is 5.01 Å². The Kier molecular flexibility index (Phi) is 3.29. The van der Waals surface area contributed by atoms with Crippen LogP contribution in [-0.2, 0) is 0 Å². The summed E-state index contributed by atoms with van der Waals surface area (Å²) in [6.07, 6.45) is 4.14. The van der Waals surface area contributed by atoms with E-state index in [2.05, 4.69) is 5.10 Å². The summed E-state index contributed by atoms with van der Waals surface area (Å²) >= 11 is 0. The zero-order valence-corrected chi connectivity index (χ0v) is 9.64. The molecular weight excluding hydrogens is 204 g/mol. The number of benzene rings is 1. The van der Waals surface area contributed by atoms with E-state index in [0.29, 0.717) is 0 Å². The average molecular weight is 220 g/mol. The first kappa shape index (κ1) is 10.8. The molecule has 0 saturated carbocycles. The Hall–Kier alpha value is -1.71. The fourth-order valence-electron chi connectivity index (χ4n) is 1.73. The maximum atomic E-state index is 5.26. The third-order valence-electron chi connectivity index (χ3n) is 2.59. The maximum Gasteiger partial charge on any atom is 0.162 e. The molecule has 4 heteroatoms. The predicted molar refractivity (Wildman–Crippen MR) is 64.6 cm³/mol. The van der Waals surface area contributed by atoms with Gasteiger partial charge < -0.3 is 9.47 Å². The second-order valence-corrected chi connectivity index (χ2v) is 3.60. The van der Waals surface area contributed by atoms with Gasteiger partial charge in [-0.15, -0.1) is 0 Å². The van der Waals surface area contributed by atoms with Crippen LogP contribution in [-0.4, -0.2) is 27.0 Å². The van der Waals surface area contributed by atoms with Gasteiger partial charge in [-0.2, -0.15) is 5.10 Å². The number of hydrogen-bond acceptors (Lipinski definition) is 4. The Labute approximate surface area is 95.5 Å². The van der Waals surface area contributed by atoms with Crippen LogP contribution >= 0.6 is 0 Å². The zero-order chi connectivity index (χ0) is 11.4. The minimum atomic E-state index is 0.737. The molecule has 0 atom stereocenters. The summed E-state index contributed by atoms with van der Waals surface area (Å²) in [5.74, 6) is 1.48. The second-order valence-electron chi connectivity index (χ2n) is 3.60. The molecule has 1 heterocycles. The van der Waals surface area contributed by atoms with Crippen LogP contribution in [0.25, 0.3) is 0 Å². The summed E-state index contributed by atoms with van der Waals surface area (Å²) in [5, 5.41) is 6.32. The van der Waals surface area contributed by atoms with E-state index in [1.807, 2.05) is 29.4 Å². The highest BCUT2D eigenvalue weighted by Gasteiger charge is 2.11. The molecule has 2 rings (SSSR count). The number of nitrogens with zero attached hydrogens (tertiary/aromatic N) is 2. The van der Waals surface area contributed by atoms with Crippen LogP contribution in [0.15, 0.2) is 23.3 Å². The Morgan fingerprint density at radius 1 is 1.19 bits per heavy atom. The van der Waals surface area contributed by atoms with E-state index in [0.717, 1.165) is 36.6 Å². The Morgan fingerprint density at radius 2 is 2.00 bits per heavy atom. The van der Waals surface area contributed by atoms with Crippen molar-refractivity contribution in [2.45, 2.75) is 12.8 Å². The van der Waals surface area contributed by atoms with E-state index in [1.54, 1.807) is 14.2 Å². The first-order valence-corrected chi connectivity index (χ1v) is 5.37. The minimum Gasteiger partial charge on any atom is -0.493 e. The fourth-order valence-corrected chi connectivity index (χ4v) is 1.73. The van der Waals surface area contributed by atoms with Gasteiger partial charge in [-0.1, -0.05) is 0 Å². The molecule has 0 bridgehead atoms. The topological polar surface area (TPSA) is 34.1 Å². The van der Waals surface area contributed by atoms with Crippen LogP contribution in [0.5, 0.6) is 11.5 Å². The molecule has 16 heavy (non-hydrogen) atoms. The van der Waals surface area contributed by atoms with Crippen LogP contribution in [0.4, 0.5) is 5.69 Å². The van der Waals surface area contributed by atoms with Crippen molar-refractivity contribution in [3.63, 3.8) is 0 Å². The number of ether oxygens (including phenoxy) is 2. The number of methoxy groups -OCH3 is 2. The van der Waals surface area contributed by atoms with Gasteiger partial charge in [0.25, 0.3) is 0 Å². The molecule has 0 spiro atoms. The number of hydrogen-bond donors (Lipinski definition) is 0. The van der Waals surface area contributed by atoms with Gasteiger partial charge >= 0.3 is 0 Å². The van der Waals surface area contributed by atoms with Gasteiger partial charge in [0.05, 0.1) is 19.9 Å². The molecule has 1 aliphatic rings. The lowest BCUT2D eigenvalue weighted by molar-refractivity contribution is 0.355. The van der Waals surface area contributed by atoms with Crippen LogP contribution in [0, 0.1) is 0 Å². The summed E-state index contributed by atoms with van der Waals surface area (Å²) in [6, 6.07) is 5.84. The fraction of sp³-hybridized carbons (Fsp3) is 0.417. The molecule has 0 unspecified atom stereocenters. The summed E-state index contributed by atoms with van der Waals surface area (Å²) in [5.41, 5.74) is 1.04. The predicted octanol–water partition coefficient (Wildman–Crippen LogP) is 2.29. The molecule has 0 amide bonds. The van der Waals surface area contributed by atoms with E-state index >= 15 is 0 Å². The Bertz CT molecular complexity index is 391. The van der Waals surface area contributed by atoms with Gasteiger partial charge in [0.2, 0.25) is 0 Å². The first-order chi connectivity index (χ1) is 7.85. The first-order valence-electron chi connectivity index (χ1n) is 5.37. The van der Waals surface area contributed by atoms with Crippen molar-refractivity contribution in [3.05, 3.63) is 18.2 Å². The lowest BCUT2D eigenvalue weighted by Gasteiger charge is -2.22. The molecule has 1 aromatic carbocycles. The van der Waals surface area contributed by atoms with E-state index in [-0.39, 0.29) is 0 Å². The maximum absolute atomic E-state index is 5.26. The number of rotatable bonds is 3. The number of hydrazone groups is 1. The van der Waals surface area contributed by atoms with Gasteiger partial charge in [0, 0.05) is 18.8 Å². The van der Waals surface area contributed by atoms with E-state index in [9.17, 15) is 0 Å². The molecule has 0 saturated heterocycles. The molecule has 0 radical (unpaired) electrons. The van der Waals surface area contributed by atoms with Crippen molar-refractivity contribution in [1.82, 2.24) is 0 Å². The normalized spacial score (nSPS) is 15.0. The monoisotopic (exact) mass is 220 g/mol.